The Morgan fingerprint density at radius 1 is 0.882 bits per heavy atom. The maximum atomic E-state index is 11.9. The van der Waals surface area contributed by atoms with Crippen molar-refractivity contribution in [1.29, 1.82) is 0 Å². The maximum Gasteiger partial charge on any atom is 0.251 e. The second kappa shape index (κ2) is 15.0. The van der Waals surface area contributed by atoms with Gasteiger partial charge in [0.1, 0.15) is 0 Å². The summed E-state index contributed by atoms with van der Waals surface area (Å²) in [5.74, 6) is 1.80. The van der Waals surface area contributed by atoms with E-state index in [-0.39, 0.29) is 5.91 Å². The molecule has 0 unspecified atom stereocenters. The molecule has 10 heteroatoms. The molecule has 1 aromatic heterocycles. The predicted octanol–water partition coefficient (Wildman–Crippen LogP) is 2.56. The van der Waals surface area contributed by atoms with Crippen LogP contribution in [0.15, 0.2) is 30.3 Å². The highest BCUT2D eigenvalue weighted by Gasteiger charge is 2.17. The SMILES string of the molecule is CCCCNc1nc(NCCOCCOCCNC(=O)c2ccccc2)nc(N2CCCC2)n1. The number of anilines is 3. The minimum atomic E-state index is -0.0959. The second-order valence-electron chi connectivity index (χ2n) is 8.03. The average molecular weight is 472 g/mol. The molecule has 0 atom stereocenters. The maximum absolute atomic E-state index is 11.9. The smallest absolute Gasteiger partial charge is 0.251 e. The molecule has 10 nitrogen and oxygen atoms in total. The van der Waals surface area contributed by atoms with Crippen molar-refractivity contribution < 1.29 is 14.3 Å². The number of hydrogen-bond donors (Lipinski definition) is 3. The quantitative estimate of drug-likeness (QED) is 0.318. The normalized spacial score (nSPS) is 13.1. The van der Waals surface area contributed by atoms with Gasteiger partial charge in [0.05, 0.1) is 26.4 Å². The second-order valence-corrected chi connectivity index (χ2v) is 8.03. The van der Waals surface area contributed by atoms with Gasteiger partial charge in [0.15, 0.2) is 0 Å². The molecular formula is C24H37N7O3. The van der Waals surface area contributed by atoms with Crippen LogP contribution in [0.2, 0.25) is 0 Å². The molecule has 186 valence electrons. The molecule has 3 N–H and O–H groups in total. The topological polar surface area (TPSA) is 114 Å². The first-order valence-electron chi connectivity index (χ1n) is 12.2. The van der Waals surface area contributed by atoms with Crippen LogP contribution in [-0.2, 0) is 9.47 Å². The molecule has 3 rings (SSSR count). The molecule has 0 saturated carbocycles. The van der Waals surface area contributed by atoms with Crippen molar-refractivity contribution in [1.82, 2.24) is 20.3 Å². The Bertz CT molecular complexity index is 848. The molecule has 1 aliphatic heterocycles. The molecular weight excluding hydrogens is 434 g/mol. The standard InChI is InChI=1S/C24H37N7O3/c1-2-3-11-26-22-28-23(30-24(29-22)31-14-7-8-15-31)27-13-17-34-19-18-33-16-12-25-21(32)20-9-5-4-6-10-20/h4-6,9-10H,2-3,7-8,11-19H2,1H3,(H,25,32)(H2,26,27,28,29,30). The van der Waals surface area contributed by atoms with Gasteiger partial charge in [-0.3, -0.25) is 4.79 Å². The lowest BCUT2D eigenvalue weighted by Crippen LogP contribution is -2.27. The van der Waals surface area contributed by atoms with Crippen LogP contribution in [0.4, 0.5) is 17.8 Å². The fourth-order valence-corrected chi connectivity index (χ4v) is 3.44. The number of benzene rings is 1. The monoisotopic (exact) mass is 471 g/mol. The van der Waals surface area contributed by atoms with Gasteiger partial charge in [-0.15, -0.1) is 0 Å². The van der Waals surface area contributed by atoms with E-state index in [1.54, 1.807) is 12.1 Å². The van der Waals surface area contributed by atoms with E-state index >= 15 is 0 Å². The lowest BCUT2D eigenvalue weighted by molar-refractivity contribution is 0.0519. The Hall–Kier alpha value is -2.98. The minimum absolute atomic E-state index is 0.0959. The van der Waals surface area contributed by atoms with Crippen LogP contribution < -0.4 is 20.9 Å². The zero-order valence-corrected chi connectivity index (χ0v) is 20.1. The molecule has 0 spiro atoms. The molecule has 2 heterocycles. The van der Waals surface area contributed by atoms with E-state index in [9.17, 15) is 4.79 Å². The molecule has 1 saturated heterocycles. The van der Waals surface area contributed by atoms with Crippen molar-refractivity contribution in [2.75, 3.05) is 74.7 Å². The number of unbranched alkanes of at least 4 members (excludes halogenated alkanes) is 1. The van der Waals surface area contributed by atoms with Crippen LogP contribution >= 0.6 is 0 Å². The van der Waals surface area contributed by atoms with Gasteiger partial charge in [0.2, 0.25) is 17.8 Å². The summed E-state index contributed by atoms with van der Waals surface area (Å²) in [7, 11) is 0. The van der Waals surface area contributed by atoms with Crippen LogP contribution in [-0.4, -0.2) is 80.0 Å². The zero-order chi connectivity index (χ0) is 23.8. The zero-order valence-electron chi connectivity index (χ0n) is 20.1. The van der Waals surface area contributed by atoms with E-state index in [4.69, 9.17) is 9.47 Å². The van der Waals surface area contributed by atoms with Gasteiger partial charge in [-0.1, -0.05) is 31.5 Å². The van der Waals surface area contributed by atoms with E-state index < -0.39 is 0 Å². The summed E-state index contributed by atoms with van der Waals surface area (Å²) < 4.78 is 11.1. The Kier molecular flexibility index (Phi) is 11.3. The van der Waals surface area contributed by atoms with Crippen molar-refractivity contribution >= 4 is 23.8 Å². The van der Waals surface area contributed by atoms with Gasteiger partial charge >= 0.3 is 0 Å². The van der Waals surface area contributed by atoms with Crippen molar-refractivity contribution in [3.63, 3.8) is 0 Å². The number of amides is 1. The lowest BCUT2D eigenvalue weighted by atomic mass is 10.2. The van der Waals surface area contributed by atoms with E-state index in [1.165, 1.54) is 12.8 Å². The Morgan fingerprint density at radius 2 is 1.53 bits per heavy atom. The average Bonchev–Trinajstić information content (AvgIpc) is 3.41. The molecule has 34 heavy (non-hydrogen) atoms. The molecule has 2 aromatic rings. The Balaban J connectivity index is 1.28. The van der Waals surface area contributed by atoms with Crippen molar-refractivity contribution in [3.8, 4) is 0 Å². The fourth-order valence-electron chi connectivity index (χ4n) is 3.44. The van der Waals surface area contributed by atoms with E-state index in [2.05, 4.69) is 42.7 Å². The van der Waals surface area contributed by atoms with Gasteiger partial charge in [-0.2, -0.15) is 15.0 Å². The van der Waals surface area contributed by atoms with Gasteiger partial charge in [-0.05, 0) is 31.4 Å². The number of carbonyl (C=O) groups is 1. The van der Waals surface area contributed by atoms with Gasteiger partial charge < -0.3 is 30.3 Å². The Morgan fingerprint density at radius 3 is 2.21 bits per heavy atom. The van der Waals surface area contributed by atoms with E-state index in [0.717, 1.165) is 38.4 Å². The minimum Gasteiger partial charge on any atom is -0.377 e. The predicted molar refractivity (Wildman–Crippen MR) is 134 cm³/mol. The summed E-state index contributed by atoms with van der Waals surface area (Å²) in [5, 5.41) is 9.37. The number of aromatic nitrogens is 3. The lowest BCUT2D eigenvalue weighted by Gasteiger charge is -2.17. The number of ether oxygens (including phenoxy) is 2. The molecule has 0 bridgehead atoms. The molecule has 0 radical (unpaired) electrons. The van der Waals surface area contributed by atoms with Crippen LogP contribution in [0, 0.1) is 0 Å². The third-order valence-electron chi connectivity index (χ3n) is 5.30. The van der Waals surface area contributed by atoms with Crippen LogP contribution in [0.1, 0.15) is 43.0 Å². The summed E-state index contributed by atoms with van der Waals surface area (Å²) in [5.41, 5.74) is 0.646. The summed E-state index contributed by atoms with van der Waals surface area (Å²) >= 11 is 0. The van der Waals surface area contributed by atoms with Crippen LogP contribution in [0.5, 0.6) is 0 Å². The number of nitrogens with zero attached hydrogens (tertiary/aromatic N) is 4. The Labute approximate surface area is 201 Å². The third kappa shape index (κ3) is 9.11. The van der Waals surface area contributed by atoms with Crippen molar-refractivity contribution in [2.24, 2.45) is 0 Å². The first-order valence-corrected chi connectivity index (χ1v) is 12.2. The number of hydrogen-bond acceptors (Lipinski definition) is 9. The molecule has 1 amide bonds. The first kappa shape index (κ1) is 25.6. The van der Waals surface area contributed by atoms with Crippen LogP contribution in [0.25, 0.3) is 0 Å². The highest BCUT2D eigenvalue weighted by molar-refractivity contribution is 5.94. The number of nitrogens with one attached hydrogen (secondary N) is 3. The summed E-state index contributed by atoms with van der Waals surface area (Å²) in [6.07, 6.45) is 4.53. The van der Waals surface area contributed by atoms with Crippen molar-refractivity contribution in [2.45, 2.75) is 32.6 Å². The fraction of sp³-hybridized carbons (Fsp3) is 0.583. The summed E-state index contributed by atoms with van der Waals surface area (Å²) in [4.78, 5) is 27.8. The van der Waals surface area contributed by atoms with E-state index in [1.807, 2.05) is 18.2 Å². The van der Waals surface area contributed by atoms with Gasteiger partial charge in [0, 0.05) is 38.3 Å². The third-order valence-corrected chi connectivity index (χ3v) is 5.30. The highest BCUT2D eigenvalue weighted by atomic mass is 16.5. The van der Waals surface area contributed by atoms with Crippen molar-refractivity contribution in [3.05, 3.63) is 35.9 Å². The summed E-state index contributed by atoms with van der Waals surface area (Å²) in [6.45, 7) is 7.92. The van der Waals surface area contributed by atoms with Gasteiger partial charge in [0.25, 0.3) is 5.91 Å². The summed E-state index contributed by atoms with van der Waals surface area (Å²) in [6, 6.07) is 9.13. The van der Waals surface area contributed by atoms with E-state index in [0.29, 0.717) is 57.0 Å². The van der Waals surface area contributed by atoms with Gasteiger partial charge in [-0.25, -0.2) is 0 Å². The molecule has 1 aromatic carbocycles. The highest BCUT2D eigenvalue weighted by Crippen LogP contribution is 2.18. The molecule has 0 aliphatic carbocycles. The number of carbonyl (C=O) groups excluding carboxylic acids is 1. The largest absolute Gasteiger partial charge is 0.377 e. The molecule has 1 aliphatic rings. The number of rotatable bonds is 16. The van der Waals surface area contributed by atoms with Crippen LogP contribution in [0.3, 0.4) is 0 Å². The first-order chi connectivity index (χ1) is 16.8. The molecule has 1 fully saturated rings.